The van der Waals surface area contributed by atoms with Crippen molar-refractivity contribution in [2.24, 2.45) is 11.8 Å². The van der Waals surface area contributed by atoms with Crippen LogP contribution in [0.25, 0.3) is 0 Å². The van der Waals surface area contributed by atoms with Crippen molar-refractivity contribution in [2.45, 2.75) is 38.6 Å². The topological polar surface area (TPSA) is 66.5 Å². The molecule has 3 amide bonds. The molecule has 5 nitrogen and oxygen atoms in total. The van der Waals surface area contributed by atoms with Crippen molar-refractivity contribution < 1.29 is 14.4 Å². The van der Waals surface area contributed by atoms with E-state index in [1.807, 2.05) is 31.2 Å². The van der Waals surface area contributed by atoms with E-state index in [0.717, 1.165) is 40.6 Å². The van der Waals surface area contributed by atoms with Crippen LogP contribution in [0.15, 0.2) is 28.7 Å². The van der Waals surface area contributed by atoms with Gasteiger partial charge in [0.05, 0.1) is 17.9 Å². The van der Waals surface area contributed by atoms with Gasteiger partial charge < -0.3 is 5.32 Å². The lowest BCUT2D eigenvalue weighted by Crippen LogP contribution is -2.41. The quantitative estimate of drug-likeness (QED) is 0.801. The predicted molar refractivity (Wildman–Crippen MR) is 92.9 cm³/mol. The van der Waals surface area contributed by atoms with Gasteiger partial charge in [0.1, 0.15) is 6.54 Å². The number of amides is 3. The van der Waals surface area contributed by atoms with Gasteiger partial charge in [-0.05, 0) is 37.5 Å². The summed E-state index contributed by atoms with van der Waals surface area (Å²) in [5.74, 6) is -1.06. The van der Waals surface area contributed by atoms with Crippen molar-refractivity contribution in [3.05, 3.63) is 34.3 Å². The molecule has 3 atom stereocenters. The van der Waals surface area contributed by atoms with Crippen molar-refractivity contribution in [2.75, 3.05) is 6.54 Å². The molecule has 1 aliphatic carbocycles. The minimum absolute atomic E-state index is 0.171. The van der Waals surface area contributed by atoms with Gasteiger partial charge >= 0.3 is 0 Å². The Morgan fingerprint density at radius 2 is 1.88 bits per heavy atom. The second kappa shape index (κ2) is 7.05. The van der Waals surface area contributed by atoms with E-state index >= 15 is 0 Å². The third kappa shape index (κ3) is 3.38. The van der Waals surface area contributed by atoms with E-state index in [9.17, 15) is 14.4 Å². The molecule has 1 heterocycles. The number of benzene rings is 1. The van der Waals surface area contributed by atoms with E-state index in [1.165, 1.54) is 0 Å². The highest BCUT2D eigenvalue weighted by Crippen LogP contribution is 2.37. The van der Waals surface area contributed by atoms with Crippen LogP contribution >= 0.6 is 15.9 Å². The Kier molecular flexibility index (Phi) is 5.04. The molecule has 128 valence electrons. The highest BCUT2D eigenvalue weighted by molar-refractivity contribution is 9.10. The fraction of sp³-hybridized carbons (Fsp3) is 0.500. The summed E-state index contributed by atoms with van der Waals surface area (Å²) >= 11 is 3.41. The Balaban J connectivity index is 1.62. The second-order valence-electron chi connectivity index (χ2n) is 6.60. The average molecular weight is 393 g/mol. The lowest BCUT2D eigenvalue weighted by atomic mass is 9.81. The van der Waals surface area contributed by atoms with Gasteiger partial charge in [-0.3, -0.25) is 19.3 Å². The first-order valence-electron chi connectivity index (χ1n) is 8.37. The number of hydrogen-bond donors (Lipinski definition) is 1. The van der Waals surface area contributed by atoms with Gasteiger partial charge in [0, 0.05) is 4.47 Å². The van der Waals surface area contributed by atoms with Crippen LogP contribution in [-0.4, -0.2) is 29.2 Å². The molecule has 1 saturated heterocycles. The van der Waals surface area contributed by atoms with Crippen LogP contribution in [-0.2, 0) is 14.4 Å². The van der Waals surface area contributed by atoms with Crippen LogP contribution in [0.4, 0.5) is 0 Å². The smallest absolute Gasteiger partial charge is 0.240 e. The van der Waals surface area contributed by atoms with E-state index in [4.69, 9.17) is 0 Å². The van der Waals surface area contributed by atoms with Crippen LogP contribution in [0.3, 0.4) is 0 Å². The third-order valence-corrected chi connectivity index (χ3v) is 5.45. The Labute approximate surface area is 149 Å². The van der Waals surface area contributed by atoms with Crippen LogP contribution in [0.1, 0.15) is 44.2 Å². The highest BCUT2D eigenvalue weighted by atomic mass is 79.9. The van der Waals surface area contributed by atoms with Crippen LogP contribution < -0.4 is 5.32 Å². The molecule has 3 rings (SSSR count). The van der Waals surface area contributed by atoms with Crippen LogP contribution in [0.2, 0.25) is 0 Å². The maximum atomic E-state index is 12.4. The van der Waals surface area contributed by atoms with Gasteiger partial charge in [-0.15, -0.1) is 0 Å². The van der Waals surface area contributed by atoms with Gasteiger partial charge in [-0.2, -0.15) is 0 Å². The van der Waals surface area contributed by atoms with Crippen LogP contribution in [0, 0.1) is 11.8 Å². The number of fused-ring (bicyclic) bond motifs is 1. The zero-order valence-corrected chi connectivity index (χ0v) is 15.2. The van der Waals surface area contributed by atoms with E-state index in [0.29, 0.717) is 0 Å². The fourth-order valence-corrected chi connectivity index (χ4v) is 4.09. The minimum Gasteiger partial charge on any atom is -0.348 e. The van der Waals surface area contributed by atoms with Crippen molar-refractivity contribution in [3.63, 3.8) is 0 Å². The van der Waals surface area contributed by atoms with Gasteiger partial charge in [-0.25, -0.2) is 0 Å². The van der Waals surface area contributed by atoms with Gasteiger partial charge in [0.2, 0.25) is 17.7 Å². The molecule has 2 aliphatic rings. The molecule has 1 aromatic carbocycles. The molecule has 1 aromatic rings. The van der Waals surface area contributed by atoms with Crippen molar-refractivity contribution in [3.8, 4) is 0 Å². The number of hydrogen-bond acceptors (Lipinski definition) is 3. The summed E-state index contributed by atoms with van der Waals surface area (Å²) < 4.78 is 0.940. The third-order valence-electron chi connectivity index (χ3n) is 4.96. The molecule has 24 heavy (non-hydrogen) atoms. The van der Waals surface area contributed by atoms with Crippen molar-refractivity contribution >= 4 is 33.7 Å². The molecule has 1 N–H and O–H groups in total. The Morgan fingerprint density at radius 1 is 1.25 bits per heavy atom. The Bertz CT molecular complexity index is 652. The first-order valence-corrected chi connectivity index (χ1v) is 9.16. The second-order valence-corrected chi connectivity index (χ2v) is 7.52. The summed E-state index contributed by atoms with van der Waals surface area (Å²) in [6, 6.07) is 7.49. The molecular formula is C18H21BrN2O3. The number of nitrogens with zero attached hydrogens (tertiary/aromatic N) is 1. The number of rotatable bonds is 4. The standard InChI is InChI=1S/C18H21BrN2O3/c1-11(12-5-4-6-13(19)9-12)20-16(22)10-21-17(23)14-7-2-3-8-15(14)18(21)24/h4-6,9,11,14-15H,2-3,7-8,10H2,1H3,(H,20,22)/t11-,14-,15+/m0/s1. The van der Waals surface area contributed by atoms with E-state index in [2.05, 4.69) is 21.2 Å². The maximum Gasteiger partial charge on any atom is 0.240 e. The summed E-state index contributed by atoms with van der Waals surface area (Å²) in [4.78, 5) is 38.3. The molecule has 1 aliphatic heterocycles. The SMILES string of the molecule is C[C@H](NC(=O)CN1C(=O)[C@H]2CCCC[C@H]2C1=O)c1cccc(Br)c1. The molecule has 6 heteroatoms. The number of likely N-dealkylation sites (tertiary alicyclic amines) is 1. The Morgan fingerprint density at radius 3 is 2.46 bits per heavy atom. The fourth-order valence-electron chi connectivity index (χ4n) is 3.68. The molecule has 0 unspecified atom stereocenters. The van der Waals surface area contributed by atoms with E-state index in [1.54, 1.807) is 0 Å². The number of carbonyl (C=O) groups is 3. The van der Waals surface area contributed by atoms with E-state index in [-0.39, 0.29) is 42.1 Å². The lowest BCUT2D eigenvalue weighted by Gasteiger charge is -2.19. The van der Waals surface area contributed by atoms with Gasteiger partial charge in [-0.1, -0.05) is 40.9 Å². The molecule has 0 radical (unpaired) electrons. The largest absolute Gasteiger partial charge is 0.348 e. The molecular weight excluding hydrogens is 372 g/mol. The molecule has 2 fully saturated rings. The molecule has 0 spiro atoms. The van der Waals surface area contributed by atoms with Gasteiger partial charge in [0.15, 0.2) is 0 Å². The molecule has 1 saturated carbocycles. The minimum atomic E-state index is -0.303. The zero-order chi connectivity index (χ0) is 17.3. The number of imide groups is 1. The summed E-state index contributed by atoms with van der Waals surface area (Å²) in [5, 5.41) is 2.87. The summed E-state index contributed by atoms with van der Waals surface area (Å²) in [7, 11) is 0. The van der Waals surface area contributed by atoms with Crippen LogP contribution in [0.5, 0.6) is 0 Å². The monoisotopic (exact) mass is 392 g/mol. The first-order chi connectivity index (χ1) is 11.5. The molecule has 0 aromatic heterocycles. The number of nitrogens with one attached hydrogen (secondary N) is 1. The summed E-state index contributed by atoms with van der Waals surface area (Å²) in [6.45, 7) is 1.70. The highest BCUT2D eigenvalue weighted by Gasteiger charge is 2.48. The number of halogens is 1. The van der Waals surface area contributed by atoms with E-state index < -0.39 is 0 Å². The average Bonchev–Trinajstić information content (AvgIpc) is 2.80. The molecule has 0 bridgehead atoms. The van der Waals surface area contributed by atoms with Gasteiger partial charge in [0.25, 0.3) is 0 Å². The van der Waals surface area contributed by atoms with Crippen molar-refractivity contribution in [1.29, 1.82) is 0 Å². The normalized spacial score (nSPS) is 24.7. The Hall–Kier alpha value is -1.69. The zero-order valence-electron chi connectivity index (χ0n) is 13.6. The lowest BCUT2D eigenvalue weighted by molar-refractivity contribution is -0.143. The summed E-state index contributed by atoms with van der Waals surface area (Å²) in [5.41, 5.74) is 0.963. The number of carbonyl (C=O) groups excluding carboxylic acids is 3. The summed E-state index contributed by atoms with van der Waals surface area (Å²) in [6.07, 6.45) is 3.50. The van der Waals surface area contributed by atoms with Crippen molar-refractivity contribution in [1.82, 2.24) is 10.2 Å². The first kappa shape index (κ1) is 17.1. The maximum absolute atomic E-state index is 12.4. The predicted octanol–water partition coefficient (Wildman–Crippen LogP) is 2.80.